The number of aliphatic hydroxyl groups excluding tert-OH is 2. The van der Waals surface area contributed by atoms with Crippen LogP contribution in [0.2, 0.25) is 15.1 Å². The number of benzene rings is 8. The molecule has 0 spiro atoms. The highest BCUT2D eigenvalue weighted by Crippen LogP contribution is 2.46. The van der Waals surface area contributed by atoms with Crippen LogP contribution in [0.25, 0.3) is 6.08 Å². The standard InChI is InChI=1S/C31H43ClN7O2P.C28H33N4O3P.C24H29ClN5O3P.C24H30ClN4O4PS/c1-22(2)37-16-18-39(19-17-37)23-12-14-38(15-13-23)24-10-11-26(28(20-24)41-3)35-31-33-21-25(32)30(36-31)34-27-8-6-7-9-29(27)42(4,5)40;1-35-25-18-20(32-15-13-21(33)14-16-32)12-11-19(25)17-27-29-23-9-6-7-22(23)28(31-27)30-24-8-4-5-10-26(24)36(2,3)34;1-33-21-14-16(30-12-10-17(31)11-13-30)8-9-19(21)28-24-26-15-18(25)23(29-24)27-20-6-4-5-7-22(20)34(2,3)32;1-15(2)33-21-13-17(34(5,6)30)11-12-19(21)28-24-26-14-18(25)23(29-24)27-20-9-7-8-10-22(20)35(31,32)16(3)4/h6-11,20-23H,12-19H2,1-5H3,(H2,33,34,35,36);4-8,10-12,18,21,33H,9,13-17H2,1-3H3,(H,29,30,31);4-9,14-15,17,31H,10-13H2,1-3H3,(H2,26,27,28,29);7-16H,1-6H3,(H2,26,27,28,29). The van der Waals surface area contributed by atoms with Gasteiger partial charge in [-0.25, -0.2) is 33.3 Å². The molecule has 12 aromatic rings. The van der Waals surface area contributed by atoms with E-state index in [1.54, 1.807) is 137 Å². The molecule has 4 saturated heterocycles. The molecule has 0 saturated carbocycles. The molecule has 4 aliphatic heterocycles. The first kappa shape index (κ1) is 111. The molecule has 32 nitrogen and oxygen atoms in total. The van der Waals surface area contributed by atoms with Gasteiger partial charge in [0, 0.05) is 158 Å². The van der Waals surface area contributed by atoms with Gasteiger partial charge in [-0.15, -0.1) is 0 Å². The molecule has 17 rings (SSSR count). The van der Waals surface area contributed by atoms with Gasteiger partial charge in [0.2, 0.25) is 17.8 Å². The molecule has 5 aliphatic rings. The number of piperidine rings is 3. The molecule has 0 unspecified atom stereocenters. The molecule has 4 fully saturated rings. The van der Waals surface area contributed by atoms with Crippen LogP contribution < -0.4 is 92.1 Å². The Labute approximate surface area is 878 Å². The largest absolute Gasteiger partial charge is 0.496 e. The van der Waals surface area contributed by atoms with Crippen molar-refractivity contribution in [1.82, 2.24) is 49.7 Å². The lowest BCUT2D eigenvalue weighted by Gasteiger charge is -2.44. The Hall–Kier alpha value is -11.4. The first-order valence-corrected chi connectivity index (χ1v) is 62.3. The predicted octanol–water partition coefficient (Wildman–Crippen LogP) is 21.1. The third-order valence-electron chi connectivity index (χ3n) is 25.9. The van der Waals surface area contributed by atoms with Crippen molar-refractivity contribution in [2.45, 2.75) is 133 Å². The SMILES string of the molecule is CC(C)Oc1cc(P(C)(C)=O)ccc1Nc1ncc(Cl)c(Nc2ccccc2S(=O)(=O)C(C)C)n1.COc1cc(N2CCC(N3CCN(C(C)C)CC3)CC2)ccc1Nc1ncc(Cl)c(Nc2ccccc2P(C)(C)=O)n1.COc1cc(N2CCC(O)CC2)ccc1Cc1nc2c(c(Nc3ccccc3P(C)(C)=O)n1)C=CC2.COc1cc(N2CCC(O)CC2)ccc1Nc1ncc(Cl)c(Nc2ccccc2P(C)(C)=O)n1. The van der Waals surface area contributed by atoms with Crippen molar-refractivity contribution < 1.29 is 55.8 Å². The van der Waals surface area contributed by atoms with E-state index >= 15 is 0 Å². The topological polar surface area (TPSA) is 383 Å². The van der Waals surface area contributed by atoms with Crippen molar-refractivity contribution in [3.05, 3.63) is 232 Å². The van der Waals surface area contributed by atoms with Gasteiger partial charge in [0.15, 0.2) is 27.3 Å². The number of ether oxygens (including phenoxy) is 4. The average molecular weight is 2160 g/mol. The minimum absolute atomic E-state index is 0.110. The molecule has 782 valence electrons. The lowest BCUT2D eigenvalue weighted by Crippen LogP contribution is -2.54. The van der Waals surface area contributed by atoms with E-state index in [-0.39, 0.29) is 40.0 Å². The van der Waals surface area contributed by atoms with Gasteiger partial charge in [-0.2, -0.15) is 15.0 Å². The fourth-order valence-corrected chi connectivity index (χ4v) is 23.8. The number of nitrogens with zero attached hydrogens (tertiary/aromatic N) is 13. The normalized spacial score (nSPS) is 15.1. The van der Waals surface area contributed by atoms with E-state index in [4.69, 9.17) is 63.7 Å². The van der Waals surface area contributed by atoms with Crippen LogP contribution in [-0.4, -0.2) is 244 Å². The van der Waals surface area contributed by atoms with E-state index in [2.05, 4.69) is 142 Å². The Balaban J connectivity index is 0.000000155. The second-order valence-electron chi connectivity index (χ2n) is 39.2. The average Bonchev–Trinajstić information content (AvgIpc) is 1.69. The number of anilines is 17. The van der Waals surface area contributed by atoms with Crippen LogP contribution in [0.15, 0.2) is 199 Å². The maximum Gasteiger partial charge on any atom is 0.229 e. The summed E-state index contributed by atoms with van der Waals surface area (Å²) < 4.78 is 99.6. The van der Waals surface area contributed by atoms with Crippen LogP contribution in [0, 0.1) is 0 Å². The Bertz CT molecular complexity index is 6990. The first-order valence-electron chi connectivity index (χ1n) is 49.2. The van der Waals surface area contributed by atoms with Gasteiger partial charge in [0.05, 0.1) is 114 Å². The fraction of sp³-hybridized carbons (Fsp3) is 0.383. The maximum absolute atomic E-state index is 12.9. The summed E-state index contributed by atoms with van der Waals surface area (Å²) in [6.07, 6.45) is 14.8. The molecule has 0 radical (unpaired) electrons. The Morgan fingerprint density at radius 1 is 0.415 bits per heavy atom. The second kappa shape index (κ2) is 49.4. The van der Waals surface area contributed by atoms with Crippen LogP contribution in [0.5, 0.6) is 23.0 Å². The number of para-hydroxylation sites is 4. The predicted molar refractivity (Wildman–Crippen MR) is 606 cm³/mol. The summed E-state index contributed by atoms with van der Waals surface area (Å²) in [6, 6.07) is 54.2. The number of hydrogen-bond acceptors (Lipinski definition) is 32. The number of aliphatic hydroxyl groups is 2. The zero-order valence-corrected chi connectivity index (χ0v) is 93.0. The summed E-state index contributed by atoms with van der Waals surface area (Å²) in [6.45, 7) is 35.6. The number of allylic oxidation sites excluding steroid dienone is 1. The summed E-state index contributed by atoms with van der Waals surface area (Å²) in [5, 5.41) is 45.5. The van der Waals surface area contributed by atoms with E-state index in [1.165, 1.54) is 51.4 Å². The maximum atomic E-state index is 12.9. The molecule has 8 heterocycles. The van der Waals surface area contributed by atoms with Crippen molar-refractivity contribution in [3.8, 4) is 23.0 Å². The summed E-state index contributed by atoms with van der Waals surface area (Å²) in [7, 11) is -8.52. The molecule has 147 heavy (non-hydrogen) atoms. The first-order chi connectivity index (χ1) is 70.0. The van der Waals surface area contributed by atoms with Gasteiger partial charge in [0.1, 0.15) is 78.3 Å². The highest BCUT2D eigenvalue weighted by Gasteiger charge is 2.33. The van der Waals surface area contributed by atoms with E-state index in [0.717, 1.165) is 150 Å². The smallest absolute Gasteiger partial charge is 0.229 e. The van der Waals surface area contributed by atoms with Crippen molar-refractivity contribution >= 4 is 198 Å². The number of methoxy groups -OCH3 is 3. The molecule has 1 aliphatic carbocycles. The Kier molecular flexibility index (Phi) is 37.4. The second-order valence-corrected chi connectivity index (χ2v) is 55.6. The minimum atomic E-state index is -3.54. The number of piperazine rings is 1. The molecule has 4 aromatic heterocycles. The molecule has 40 heteroatoms. The quantitative estimate of drug-likeness (QED) is 0.0177. The van der Waals surface area contributed by atoms with E-state index < -0.39 is 43.7 Å². The van der Waals surface area contributed by atoms with Crippen molar-refractivity contribution in [1.29, 1.82) is 0 Å². The molecule has 0 atom stereocenters. The number of fused-ring (bicyclic) bond motifs is 1. The summed E-state index contributed by atoms with van der Waals surface area (Å²) in [5.74, 6) is 6.14. The lowest BCUT2D eigenvalue weighted by atomic mass is 10.0. The number of nitrogens with one attached hydrogen (secondary N) is 7. The van der Waals surface area contributed by atoms with Gasteiger partial charge in [-0.3, -0.25) is 9.80 Å². The van der Waals surface area contributed by atoms with Gasteiger partial charge >= 0.3 is 0 Å². The van der Waals surface area contributed by atoms with E-state index in [1.807, 2.05) is 117 Å². The van der Waals surface area contributed by atoms with Crippen LogP contribution in [0.3, 0.4) is 0 Å². The monoisotopic (exact) mass is 2150 g/mol. The molecule has 0 amide bonds. The molecule has 9 N–H and O–H groups in total. The molecular weight excluding hydrogens is 2020 g/mol. The third kappa shape index (κ3) is 29.4. The van der Waals surface area contributed by atoms with Gasteiger partial charge < -0.3 is 99.3 Å². The number of hydrogen-bond donors (Lipinski definition) is 9. The number of rotatable bonds is 32. The Morgan fingerprint density at radius 3 is 1.22 bits per heavy atom. The minimum Gasteiger partial charge on any atom is -0.496 e. The fourth-order valence-electron chi connectivity index (χ4n) is 17.9. The summed E-state index contributed by atoms with van der Waals surface area (Å²) >= 11 is 19.1. The summed E-state index contributed by atoms with van der Waals surface area (Å²) in [5.41, 5.74) is 10.9. The summed E-state index contributed by atoms with van der Waals surface area (Å²) in [4.78, 5) is 48.7. The van der Waals surface area contributed by atoms with Crippen LogP contribution in [0.4, 0.5) is 98.0 Å². The van der Waals surface area contributed by atoms with Crippen LogP contribution >= 0.6 is 63.4 Å². The third-order valence-corrected chi connectivity index (χ3v) is 35.2. The highest BCUT2D eigenvalue weighted by molar-refractivity contribution is 7.92. The highest BCUT2D eigenvalue weighted by atomic mass is 35.5. The van der Waals surface area contributed by atoms with E-state index in [9.17, 15) is 36.9 Å². The van der Waals surface area contributed by atoms with Crippen LogP contribution in [0.1, 0.15) is 103 Å². The van der Waals surface area contributed by atoms with Crippen molar-refractivity contribution in [2.75, 3.05) is 192 Å². The number of halogens is 3. The van der Waals surface area contributed by atoms with Crippen LogP contribution in [-0.2, 0) is 40.9 Å². The zero-order chi connectivity index (χ0) is 105. The van der Waals surface area contributed by atoms with E-state index in [0.29, 0.717) is 103 Å². The Morgan fingerprint density at radius 2 is 0.803 bits per heavy atom. The van der Waals surface area contributed by atoms with Crippen molar-refractivity contribution in [3.63, 3.8) is 0 Å². The lowest BCUT2D eigenvalue weighted by molar-refractivity contribution is 0.0692. The number of aromatic nitrogens is 8. The van der Waals surface area contributed by atoms with Gasteiger partial charge in [-0.1, -0.05) is 102 Å². The number of sulfone groups is 1. The van der Waals surface area contributed by atoms with Gasteiger partial charge in [0.25, 0.3) is 0 Å². The van der Waals surface area contributed by atoms with Gasteiger partial charge in [-0.05, 0) is 230 Å². The molecule has 8 aromatic carbocycles. The molecule has 0 bridgehead atoms. The van der Waals surface area contributed by atoms with Crippen molar-refractivity contribution in [2.24, 2.45) is 0 Å². The zero-order valence-electron chi connectivity index (χ0n) is 86.4. The molecular formula is C107H135Cl3N20O12P4S.